The van der Waals surface area contributed by atoms with Crippen molar-refractivity contribution in [2.75, 3.05) is 4.90 Å². The summed E-state index contributed by atoms with van der Waals surface area (Å²) in [5.74, 6) is 0. The molecule has 57 heavy (non-hydrogen) atoms. The third kappa shape index (κ3) is 5.25. The first-order valence-corrected chi connectivity index (χ1v) is 19.8. The highest BCUT2D eigenvalue weighted by atomic mass is 16.3. The molecule has 270 valence electrons. The SMILES string of the molecule is CC1(C)c2ccccc2-c2ccc(N(c3ccc(-c4ccccc4)cc3)c3cc4c5ccc(-c6ccccc6)c(-c6ccccc6)c5oc4c4ccccc34)cc21. The lowest BCUT2D eigenvalue weighted by Gasteiger charge is -2.29. The molecule has 2 heteroatoms. The molecule has 1 aliphatic carbocycles. The van der Waals surface area contributed by atoms with Gasteiger partial charge in [-0.2, -0.15) is 0 Å². The monoisotopic (exact) mass is 729 g/mol. The number of nitrogens with zero attached hydrogens (tertiary/aromatic N) is 1. The fraction of sp³-hybridized carbons (Fsp3) is 0.0545. The Bertz CT molecular complexity index is 3120. The maximum absolute atomic E-state index is 7.13. The Kier molecular flexibility index (Phi) is 7.55. The van der Waals surface area contributed by atoms with Crippen LogP contribution in [0.3, 0.4) is 0 Å². The standard InChI is InChI=1S/C55H39NO/c1-55(2)49-25-15-14-22-43(49)44-31-30-41(34-50(44)55)56(40-28-26-37(27-29-40)36-16-6-3-7-17-36)51-35-48-47-33-32-42(38-18-8-4-9-19-38)52(39-20-10-5-11-21-39)54(47)57-53(48)46-24-13-12-23-45(46)51/h3-35H,1-2H3. The van der Waals surface area contributed by atoms with E-state index in [0.717, 1.165) is 72.0 Å². The third-order valence-electron chi connectivity index (χ3n) is 12.1. The number of hydrogen-bond donors (Lipinski definition) is 0. The average Bonchev–Trinajstić information content (AvgIpc) is 3.76. The van der Waals surface area contributed by atoms with Gasteiger partial charge >= 0.3 is 0 Å². The first-order valence-electron chi connectivity index (χ1n) is 19.8. The maximum atomic E-state index is 7.13. The van der Waals surface area contributed by atoms with Gasteiger partial charge in [0.1, 0.15) is 11.2 Å². The second-order valence-electron chi connectivity index (χ2n) is 15.7. The van der Waals surface area contributed by atoms with Crippen LogP contribution in [0.25, 0.3) is 77.2 Å². The normalized spacial score (nSPS) is 12.9. The summed E-state index contributed by atoms with van der Waals surface area (Å²) in [5, 5.41) is 4.40. The van der Waals surface area contributed by atoms with Gasteiger partial charge in [0.15, 0.2) is 0 Å². The Morgan fingerprint density at radius 1 is 0.368 bits per heavy atom. The molecule has 0 fully saturated rings. The lowest BCUT2D eigenvalue weighted by molar-refractivity contribution is 0.660. The topological polar surface area (TPSA) is 16.4 Å². The van der Waals surface area contributed by atoms with Crippen LogP contribution in [0.5, 0.6) is 0 Å². The van der Waals surface area contributed by atoms with Crippen LogP contribution in [-0.2, 0) is 5.41 Å². The van der Waals surface area contributed by atoms with Crippen LogP contribution >= 0.6 is 0 Å². The molecule has 0 unspecified atom stereocenters. The molecule has 1 aliphatic rings. The van der Waals surface area contributed by atoms with Crippen LogP contribution in [0.15, 0.2) is 205 Å². The van der Waals surface area contributed by atoms with Crippen LogP contribution in [0.1, 0.15) is 25.0 Å². The zero-order chi connectivity index (χ0) is 38.1. The van der Waals surface area contributed by atoms with E-state index in [9.17, 15) is 0 Å². The van der Waals surface area contributed by atoms with Crippen molar-refractivity contribution in [2.45, 2.75) is 19.3 Å². The van der Waals surface area contributed by atoms with Gasteiger partial charge in [0.2, 0.25) is 0 Å². The van der Waals surface area contributed by atoms with Crippen LogP contribution in [0, 0.1) is 0 Å². The molecule has 9 aromatic carbocycles. The quantitative estimate of drug-likeness (QED) is 0.169. The van der Waals surface area contributed by atoms with E-state index >= 15 is 0 Å². The highest BCUT2D eigenvalue weighted by Crippen LogP contribution is 2.52. The fourth-order valence-electron chi connectivity index (χ4n) is 9.27. The second kappa shape index (κ2) is 13.0. The van der Waals surface area contributed by atoms with E-state index in [4.69, 9.17) is 4.42 Å². The van der Waals surface area contributed by atoms with Crippen LogP contribution < -0.4 is 4.90 Å². The molecule has 2 nitrogen and oxygen atoms in total. The van der Waals surface area contributed by atoms with E-state index in [0.29, 0.717) is 0 Å². The minimum atomic E-state index is -0.137. The van der Waals surface area contributed by atoms with Crippen molar-refractivity contribution in [3.63, 3.8) is 0 Å². The van der Waals surface area contributed by atoms with E-state index in [2.05, 4.69) is 219 Å². The minimum absolute atomic E-state index is 0.137. The second-order valence-corrected chi connectivity index (χ2v) is 15.7. The molecule has 10 aromatic rings. The van der Waals surface area contributed by atoms with Crippen LogP contribution in [0.2, 0.25) is 0 Å². The van der Waals surface area contributed by atoms with Crippen molar-refractivity contribution >= 4 is 49.8 Å². The van der Waals surface area contributed by atoms with Crippen molar-refractivity contribution in [3.8, 4) is 44.5 Å². The molecular weight excluding hydrogens is 691 g/mol. The predicted octanol–water partition coefficient (Wildman–Crippen LogP) is 15.5. The first-order chi connectivity index (χ1) is 28.0. The van der Waals surface area contributed by atoms with Gasteiger partial charge < -0.3 is 9.32 Å². The molecule has 0 radical (unpaired) electrons. The number of rotatable bonds is 6. The summed E-state index contributed by atoms with van der Waals surface area (Å²) in [5.41, 5.74) is 17.3. The Balaban J connectivity index is 1.18. The van der Waals surface area contributed by atoms with Crippen molar-refractivity contribution in [1.82, 2.24) is 0 Å². The highest BCUT2D eigenvalue weighted by Gasteiger charge is 2.36. The lowest BCUT2D eigenvalue weighted by Crippen LogP contribution is -2.16. The van der Waals surface area contributed by atoms with Gasteiger partial charge in [0, 0.05) is 43.9 Å². The number of furan rings is 1. The highest BCUT2D eigenvalue weighted by molar-refractivity contribution is 6.22. The molecule has 0 saturated heterocycles. The van der Waals surface area contributed by atoms with Gasteiger partial charge in [-0.05, 0) is 86.5 Å². The molecule has 0 N–H and O–H groups in total. The Labute approximate surface area is 332 Å². The van der Waals surface area contributed by atoms with Crippen molar-refractivity contribution in [3.05, 3.63) is 211 Å². The van der Waals surface area contributed by atoms with Crippen molar-refractivity contribution in [2.24, 2.45) is 0 Å². The molecular formula is C55H39NO. The smallest absolute Gasteiger partial charge is 0.143 e. The minimum Gasteiger partial charge on any atom is -0.455 e. The van der Waals surface area contributed by atoms with E-state index in [1.807, 2.05) is 0 Å². The molecule has 0 amide bonds. The molecule has 1 aromatic heterocycles. The number of benzene rings is 9. The third-order valence-corrected chi connectivity index (χ3v) is 12.1. The van der Waals surface area contributed by atoms with E-state index in [1.54, 1.807) is 0 Å². The molecule has 0 aliphatic heterocycles. The molecule has 0 saturated carbocycles. The van der Waals surface area contributed by atoms with Gasteiger partial charge in [0.25, 0.3) is 0 Å². The summed E-state index contributed by atoms with van der Waals surface area (Å²) in [4.78, 5) is 2.45. The van der Waals surface area contributed by atoms with E-state index in [-0.39, 0.29) is 5.41 Å². The summed E-state index contributed by atoms with van der Waals surface area (Å²) in [6.07, 6.45) is 0. The zero-order valence-electron chi connectivity index (χ0n) is 31.9. The van der Waals surface area contributed by atoms with Crippen LogP contribution in [0.4, 0.5) is 17.1 Å². The largest absolute Gasteiger partial charge is 0.455 e. The number of anilines is 3. The number of fused-ring (bicyclic) bond motifs is 8. The van der Waals surface area contributed by atoms with E-state index in [1.165, 1.54) is 33.4 Å². The summed E-state index contributed by atoms with van der Waals surface area (Å²) in [7, 11) is 0. The fourth-order valence-corrected chi connectivity index (χ4v) is 9.27. The average molecular weight is 730 g/mol. The summed E-state index contributed by atoms with van der Waals surface area (Å²) in [6.45, 7) is 4.71. The van der Waals surface area contributed by atoms with Gasteiger partial charge in [-0.15, -0.1) is 0 Å². The molecule has 11 rings (SSSR count). The Morgan fingerprint density at radius 2 is 0.912 bits per heavy atom. The summed E-state index contributed by atoms with van der Waals surface area (Å²) < 4.78 is 7.13. The summed E-state index contributed by atoms with van der Waals surface area (Å²) in [6, 6.07) is 72.5. The van der Waals surface area contributed by atoms with Crippen LogP contribution in [-0.4, -0.2) is 0 Å². The molecule has 1 heterocycles. The Morgan fingerprint density at radius 3 is 1.65 bits per heavy atom. The zero-order valence-corrected chi connectivity index (χ0v) is 31.9. The predicted molar refractivity (Wildman–Crippen MR) is 240 cm³/mol. The molecule has 0 bridgehead atoms. The summed E-state index contributed by atoms with van der Waals surface area (Å²) >= 11 is 0. The van der Waals surface area contributed by atoms with Crippen molar-refractivity contribution < 1.29 is 4.42 Å². The van der Waals surface area contributed by atoms with Gasteiger partial charge in [-0.25, -0.2) is 0 Å². The first kappa shape index (κ1) is 33.2. The van der Waals surface area contributed by atoms with E-state index < -0.39 is 0 Å². The van der Waals surface area contributed by atoms with Gasteiger partial charge in [0.05, 0.1) is 5.69 Å². The maximum Gasteiger partial charge on any atom is 0.143 e. The Hall–Kier alpha value is -7.16. The molecule has 0 atom stereocenters. The van der Waals surface area contributed by atoms with Gasteiger partial charge in [-0.1, -0.05) is 178 Å². The molecule has 0 spiro atoms. The van der Waals surface area contributed by atoms with Crippen molar-refractivity contribution in [1.29, 1.82) is 0 Å². The number of hydrogen-bond acceptors (Lipinski definition) is 2. The van der Waals surface area contributed by atoms with Gasteiger partial charge in [-0.3, -0.25) is 0 Å². The lowest BCUT2D eigenvalue weighted by atomic mass is 9.82.